The summed E-state index contributed by atoms with van der Waals surface area (Å²) in [5.41, 5.74) is 5.23. The fourth-order valence-electron chi connectivity index (χ4n) is 0.522. The topological polar surface area (TPSA) is 93.3 Å². The Morgan fingerprint density at radius 1 is 1.35 bits per heavy atom. The minimum atomic E-state index is -5.08. The van der Waals surface area contributed by atoms with Crippen LogP contribution in [-0.2, 0) is 4.79 Å². The maximum Gasteiger partial charge on any atom is 0.490 e. The number of carbonyl (C=O) groups excluding carboxylic acids is 1. The van der Waals surface area contributed by atoms with Crippen molar-refractivity contribution in [1.82, 2.24) is 4.98 Å². The zero-order valence-corrected chi connectivity index (χ0v) is 9.62. The lowest BCUT2D eigenvalue weighted by molar-refractivity contribution is -0.192. The van der Waals surface area contributed by atoms with Gasteiger partial charge in [-0.25, -0.2) is 9.78 Å². The lowest BCUT2D eigenvalue weighted by Gasteiger charge is -1.93. The smallest absolute Gasteiger partial charge is 0.475 e. The zero-order valence-electron chi connectivity index (χ0n) is 8.03. The Hall–Kier alpha value is -1.64. The van der Waals surface area contributed by atoms with Gasteiger partial charge in [-0.2, -0.15) is 13.2 Å². The van der Waals surface area contributed by atoms with Crippen molar-refractivity contribution in [3.05, 3.63) is 28.5 Å². The number of aliphatic carboxylic acids is 1. The summed E-state index contributed by atoms with van der Waals surface area (Å²) in [5.74, 6) is -3.26. The third-order valence-corrected chi connectivity index (χ3v) is 1.69. The van der Waals surface area contributed by atoms with Crippen molar-refractivity contribution in [3.63, 3.8) is 0 Å². The number of alkyl halides is 3. The lowest BCUT2D eigenvalue weighted by atomic mass is 10.3. The Kier molecular flexibility index (Phi) is 5.59. The van der Waals surface area contributed by atoms with E-state index in [0.29, 0.717) is 0 Å². The molecule has 9 heteroatoms. The van der Waals surface area contributed by atoms with Gasteiger partial charge in [0.15, 0.2) is 0 Å². The summed E-state index contributed by atoms with van der Waals surface area (Å²) in [4.78, 5) is 23.1. The number of halogens is 4. The highest BCUT2D eigenvalue weighted by molar-refractivity contribution is 9.10. The van der Waals surface area contributed by atoms with Gasteiger partial charge in [-0.15, -0.1) is 0 Å². The molecule has 1 aromatic heterocycles. The highest BCUT2D eigenvalue weighted by atomic mass is 79.9. The average Bonchev–Trinajstić information content (AvgIpc) is 2.17. The van der Waals surface area contributed by atoms with E-state index in [9.17, 15) is 18.0 Å². The van der Waals surface area contributed by atoms with Crippen molar-refractivity contribution in [1.29, 1.82) is 0 Å². The largest absolute Gasteiger partial charge is 0.490 e. The van der Waals surface area contributed by atoms with Crippen LogP contribution in [0.3, 0.4) is 0 Å². The fourth-order valence-corrected chi connectivity index (χ4v) is 0.756. The predicted octanol–water partition coefficient (Wildman–Crippen LogP) is 1.58. The van der Waals surface area contributed by atoms with Crippen molar-refractivity contribution < 1.29 is 27.9 Å². The Morgan fingerprint density at radius 3 is 2.06 bits per heavy atom. The van der Waals surface area contributed by atoms with E-state index in [4.69, 9.17) is 15.6 Å². The first-order valence-electron chi connectivity index (χ1n) is 3.86. The summed E-state index contributed by atoms with van der Waals surface area (Å²) in [5, 5.41) is 7.12. The molecule has 0 aromatic carbocycles. The number of carboxylic acids is 1. The number of primary amides is 1. The number of rotatable bonds is 1. The van der Waals surface area contributed by atoms with Crippen molar-refractivity contribution >= 4 is 27.8 Å². The van der Waals surface area contributed by atoms with Gasteiger partial charge in [0.05, 0.1) is 0 Å². The van der Waals surface area contributed by atoms with E-state index in [1.807, 2.05) is 0 Å². The van der Waals surface area contributed by atoms with Crippen LogP contribution in [0.15, 0.2) is 22.8 Å². The first-order valence-corrected chi connectivity index (χ1v) is 4.65. The van der Waals surface area contributed by atoms with Gasteiger partial charge in [-0.1, -0.05) is 0 Å². The SMILES string of the molecule is NC(=O)c1ccc(Br)cn1.O=C(O)C(F)(F)F. The molecule has 0 radical (unpaired) electrons. The van der Waals surface area contributed by atoms with Crippen LogP contribution in [0.2, 0.25) is 0 Å². The summed E-state index contributed by atoms with van der Waals surface area (Å²) in [6, 6.07) is 3.28. The van der Waals surface area contributed by atoms with Crippen molar-refractivity contribution in [2.45, 2.75) is 6.18 Å². The van der Waals surface area contributed by atoms with E-state index in [2.05, 4.69) is 20.9 Å². The normalized spacial score (nSPS) is 10.1. The van der Waals surface area contributed by atoms with E-state index < -0.39 is 18.1 Å². The molecule has 0 unspecified atom stereocenters. The number of nitrogens with zero attached hydrogens (tertiary/aromatic N) is 1. The van der Waals surface area contributed by atoms with E-state index in [1.165, 1.54) is 6.20 Å². The third-order valence-electron chi connectivity index (χ3n) is 1.22. The van der Waals surface area contributed by atoms with Crippen molar-refractivity contribution in [3.8, 4) is 0 Å². The highest BCUT2D eigenvalue weighted by Gasteiger charge is 2.38. The molecule has 0 aliphatic rings. The molecule has 5 nitrogen and oxygen atoms in total. The summed E-state index contributed by atoms with van der Waals surface area (Å²) >= 11 is 3.18. The van der Waals surface area contributed by atoms with E-state index in [1.54, 1.807) is 12.1 Å². The highest BCUT2D eigenvalue weighted by Crippen LogP contribution is 2.13. The van der Waals surface area contributed by atoms with Crippen LogP contribution in [0.4, 0.5) is 13.2 Å². The van der Waals surface area contributed by atoms with Crippen LogP contribution in [0.5, 0.6) is 0 Å². The monoisotopic (exact) mass is 314 g/mol. The number of carbonyl (C=O) groups is 2. The zero-order chi connectivity index (χ0) is 13.6. The molecule has 0 atom stereocenters. The second-order valence-electron chi connectivity index (χ2n) is 2.53. The number of pyridine rings is 1. The number of nitrogens with two attached hydrogens (primary N) is 1. The van der Waals surface area contributed by atoms with Gasteiger partial charge in [0.1, 0.15) is 5.69 Å². The molecular weight excluding hydrogens is 309 g/mol. The van der Waals surface area contributed by atoms with Crippen LogP contribution in [0.25, 0.3) is 0 Å². The number of carboxylic acid groups (broad SMARTS) is 1. The molecule has 1 aromatic rings. The average molecular weight is 315 g/mol. The molecule has 0 aliphatic carbocycles. The molecule has 1 heterocycles. The number of hydrogen-bond donors (Lipinski definition) is 2. The van der Waals surface area contributed by atoms with Gasteiger partial charge < -0.3 is 10.8 Å². The fraction of sp³-hybridized carbons (Fsp3) is 0.125. The molecule has 0 bridgehead atoms. The Morgan fingerprint density at radius 2 is 1.82 bits per heavy atom. The lowest BCUT2D eigenvalue weighted by Crippen LogP contribution is -2.21. The maximum absolute atomic E-state index is 10.6. The van der Waals surface area contributed by atoms with E-state index >= 15 is 0 Å². The number of amides is 1. The summed E-state index contributed by atoms with van der Waals surface area (Å²) in [6.45, 7) is 0. The Labute approximate surface area is 102 Å². The molecule has 94 valence electrons. The van der Waals surface area contributed by atoms with E-state index in [0.717, 1.165) is 4.47 Å². The minimum Gasteiger partial charge on any atom is -0.475 e. The third kappa shape index (κ3) is 6.51. The van der Waals surface area contributed by atoms with Crippen LogP contribution in [-0.4, -0.2) is 28.1 Å². The molecule has 0 spiro atoms. The van der Waals surface area contributed by atoms with Crippen LogP contribution in [0, 0.1) is 0 Å². The second kappa shape index (κ2) is 6.18. The van der Waals surface area contributed by atoms with Gasteiger partial charge >= 0.3 is 12.1 Å². The summed E-state index contributed by atoms with van der Waals surface area (Å²) in [7, 11) is 0. The first kappa shape index (κ1) is 15.4. The van der Waals surface area contributed by atoms with Gasteiger partial charge in [-0.05, 0) is 28.1 Å². The van der Waals surface area contributed by atoms with Gasteiger partial charge in [0.25, 0.3) is 5.91 Å². The van der Waals surface area contributed by atoms with Crippen LogP contribution in [0.1, 0.15) is 10.5 Å². The quantitative estimate of drug-likeness (QED) is 0.823. The molecule has 0 saturated heterocycles. The van der Waals surface area contributed by atoms with E-state index in [-0.39, 0.29) is 5.69 Å². The van der Waals surface area contributed by atoms with Gasteiger partial charge in [0.2, 0.25) is 0 Å². The molecule has 17 heavy (non-hydrogen) atoms. The molecule has 1 rings (SSSR count). The summed E-state index contributed by atoms with van der Waals surface area (Å²) in [6.07, 6.45) is -3.56. The summed E-state index contributed by atoms with van der Waals surface area (Å²) < 4.78 is 32.6. The van der Waals surface area contributed by atoms with Gasteiger partial charge in [0, 0.05) is 10.7 Å². The molecular formula is C8H6BrF3N2O3. The molecule has 0 aliphatic heterocycles. The van der Waals surface area contributed by atoms with Crippen LogP contribution >= 0.6 is 15.9 Å². The molecule has 1 amide bonds. The molecule has 3 N–H and O–H groups in total. The van der Waals surface area contributed by atoms with Crippen LogP contribution < -0.4 is 5.73 Å². The molecule has 0 saturated carbocycles. The van der Waals surface area contributed by atoms with Crippen molar-refractivity contribution in [2.75, 3.05) is 0 Å². The van der Waals surface area contributed by atoms with Crippen molar-refractivity contribution in [2.24, 2.45) is 5.73 Å². The predicted molar refractivity (Wildman–Crippen MR) is 54.1 cm³/mol. The number of hydrogen-bond acceptors (Lipinski definition) is 3. The maximum atomic E-state index is 10.6. The van der Waals surface area contributed by atoms with Gasteiger partial charge in [-0.3, -0.25) is 4.79 Å². The number of aromatic nitrogens is 1. The Balaban J connectivity index is 0.000000325. The first-order chi connectivity index (χ1) is 7.64. The minimum absolute atomic E-state index is 0.281. The Bertz CT molecular complexity index is 405. The standard InChI is InChI=1S/C6H5BrN2O.C2HF3O2/c7-4-1-2-5(6(8)10)9-3-4;3-2(4,5)1(6)7/h1-3H,(H2,8,10);(H,6,7). The second-order valence-corrected chi connectivity index (χ2v) is 3.44. The molecule has 0 fully saturated rings.